The van der Waals surface area contributed by atoms with E-state index in [9.17, 15) is 0 Å². The molecule has 0 fully saturated rings. The molecule has 0 bridgehead atoms. The van der Waals surface area contributed by atoms with Crippen LogP contribution in [0.5, 0.6) is 11.5 Å². The van der Waals surface area contributed by atoms with E-state index in [0.29, 0.717) is 19.6 Å². The first-order chi connectivity index (χ1) is 9.74. The van der Waals surface area contributed by atoms with Crippen molar-refractivity contribution >= 4 is 11.6 Å². The van der Waals surface area contributed by atoms with Gasteiger partial charge in [0.25, 0.3) is 0 Å². The summed E-state index contributed by atoms with van der Waals surface area (Å²) in [6, 6.07) is 13.5. The number of benzene rings is 2. The second-order valence-electron chi connectivity index (χ2n) is 4.81. The van der Waals surface area contributed by atoms with Gasteiger partial charge in [0.2, 0.25) is 0 Å². The Labute approximate surface area is 123 Å². The monoisotopic (exact) mass is 289 g/mol. The van der Waals surface area contributed by atoms with E-state index in [1.54, 1.807) is 0 Å². The van der Waals surface area contributed by atoms with Gasteiger partial charge in [-0.1, -0.05) is 35.9 Å². The van der Waals surface area contributed by atoms with Crippen molar-refractivity contribution in [1.82, 2.24) is 0 Å². The molecule has 1 atom stereocenters. The van der Waals surface area contributed by atoms with Crippen molar-refractivity contribution in [2.45, 2.75) is 12.5 Å². The second-order valence-corrected chi connectivity index (χ2v) is 5.21. The molecule has 0 saturated heterocycles. The van der Waals surface area contributed by atoms with Crippen LogP contribution in [0.2, 0.25) is 5.02 Å². The second kappa shape index (κ2) is 5.73. The Kier molecular flexibility index (Phi) is 3.81. The summed E-state index contributed by atoms with van der Waals surface area (Å²) < 4.78 is 11.1. The number of ether oxygens (including phenoxy) is 2. The summed E-state index contributed by atoms with van der Waals surface area (Å²) in [5.41, 5.74) is 8.35. The lowest BCUT2D eigenvalue weighted by molar-refractivity contribution is 0.171. The van der Waals surface area contributed by atoms with Crippen molar-refractivity contribution in [1.29, 1.82) is 0 Å². The van der Waals surface area contributed by atoms with Crippen LogP contribution in [0.15, 0.2) is 42.5 Å². The summed E-state index contributed by atoms with van der Waals surface area (Å²) in [4.78, 5) is 0. The minimum absolute atomic E-state index is 0.120. The van der Waals surface area contributed by atoms with E-state index in [4.69, 9.17) is 26.8 Å². The Morgan fingerprint density at radius 1 is 1.05 bits per heavy atom. The molecule has 104 valence electrons. The number of halogens is 1. The van der Waals surface area contributed by atoms with E-state index < -0.39 is 0 Å². The summed E-state index contributed by atoms with van der Waals surface area (Å²) in [6.45, 7) is 1.17. The van der Waals surface area contributed by atoms with Crippen LogP contribution >= 0.6 is 11.6 Å². The average Bonchev–Trinajstić information content (AvgIpc) is 2.49. The fraction of sp³-hybridized carbons (Fsp3) is 0.250. The molecule has 0 aromatic heterocycles. The van der Waals surface area contributed by atoms with Gasteiger partial charge in [0.1, 0.15) is 13.2 Å². The standard InChI is InChI=1S/C16H16ClNO2/c17-13-4-2-1-3-11(13)9-14(18)12-5-6-15-16(10-12)20-8-7-19-15/h1-6,10,14H,7-9,18H2. The van der Waals surface area contributed by atoms with Crippen LogP contribution < -0.4 is 15.2 Å². The maximum atomic E-state index is 6.27. The Bertz CT molecular complexity index is 615. The molecule has 1 aliphatic rings. The highest BCUT2D eigenvalue weighted by Crippen LogP contribution is 2.33. The first-order valence-corrected chi connectivity index (χ1v) is 7.00. The molecule has 0 saturated carbocycles. The van der Waals surface area contributed by atoms with E-state index in [1.165, 1.54) is 0 Å². The maximum absolute atomic E-state index is 6.27. The highest BCUT2D eigenvalue weighted by atomic mass is 35.5. The molecule has 0 spiro atoms. The minimum atomic E-state index is -0.120. The molecule has 0 aliphatic carbocycles. The van der Waals surface area contributed by atoms with E-state index >= 15 is 0 Å². The van der Waals surface area contributed by atoms with Crippen molar-refractivity contribution in [3.63, 3.8) is 0 Å². The van der Waals surface area contributed by atoms with Gasteiger partial charge in [-0.05, 0) is 35.7 Å². The third-order valence-electron chi connectivity index (χ3n) is 3.39. The summed E-state index contributed by atoms with van der Waals surface area (Å²) >= 11 is 6.17. The fourth-order valence-electron chi connectivity index (χ4n) is 2.31. The number of rotatable bonds is 3. The Balaban J connectivity index is 1.80. The van der Waals surface area contributed by atoms with Crippen molar-refractivity contribution in [3.8, 4) is 11.5 Å². The van der Waals surface area contributed by atoms with E-state index in [1.807, 2.05) is 42.5 Å². The minimum Gasteiger partial charge on any atom is -0.486 e. The van der Waals surface area contributed by atoms with Gasteiger partial charge in [0.15, 0.2) is 11.5 Å². The fourth-order valence-corrected chi connectivity index (χ4v) is 2.52. The van der Waals surface area contributed by atoms with Crippen LogP contribution in [0.25, 0.3) is 0 Å². The lowest BCUT2D eigenvalue weighted by Crippen LogP contribution is -2.17. The van der Waals surface area contributed by atoms with Crippen LogP contribution in [0.4, 0.5) is 0 Å². The molecule has 1 aliphatic heterocycles. The smallest absolute Gasteiger partial charge is 0.161 e. The van der Waals surface area contributed by atoms with Gasteiger partial charge >= 0.3 is 0 Å². The number of fused-ring (bicyclic) bond motifs is 1. The topological polar surface area (TPSA) is 44.5 Å². The van der Waals surface area contributed by atoms with Crippen molar-refractivity contribution < 1.29 is 9.47 Å². The highest BCUT2D eigenvalue weighted by molar-refractivity contribution is 6.31. The first kappa shape index (κ1) is 13.3. The quantitative estimate of drug-likeness (QED) is 0.942. The summed E-state index contributed by atoms with van der Waals surface area (Å²) in [7, 11) is 0. The predicted molar refractivity (Wildman–Crippen MR) is 79.5 cm³/mol. The third-order valence-corrected chi connectivity index (χ3v) is 3.76. The summed E-state index contributed by atoms with van der Waals surface area (Å²) in [5.74, 6) is 1.55. The van der Waals surface area contributed by atoms with Gasteiger partial charge < -0.3 is 15.2 Å². The Morgan fingerprint density at radius 3 is 2.60 bits per heavy atom. The van der Waals surface area contributed by atoms with E-state index in [-0.39, 0.29) is 6.04 Å². The molecule has 1 heterocycles. The van der Waals surface area contributed by atoms with Crippen LogP contribution in [-0.2, 0) is 6.42 Å². The van der Waals surface area contributed by atoms with Gasteiger partial charge in [-0.2, -0.15) is 0 Å². The summed E-state index contributed by atoms with van der Waals surface area (Å²) in [5, 5.41) is 0.750. The van der Waals surface area contributed by atoms with Crippen LogP contribution in [-0.4, -0.2) is 13.2 Å². The Hall–Kier alpha value is -1.71. The lowest BCUT2D eigenvalue weighted by Gasteiger charge is -2.20. The molecule has 3 nitrogen and oxygen atoms in total. The third kappa shape index (κ3) is 2.74. The van der Waals surface area contributed by atoms with Gasteiger partial charge in [0.05, 0.1) is 0 Å². The zero-order valence-corrected chi connectivity index (χ0v) is 11.8. The van der Waals surface area contributed by atoms with Crippen molar-refractivity contribution in [2.75, 3.05) is 13.2 Å². The number of hydrogen-bond acceptors (Lipinski definition) is 3. The van der Waals surface area contributed by atoms with Crippen LogP contribution in [0.1, 0.15) is 17.2 Å². The van der Waals surface area contributed by atoms with Gasteiger partial charge in [-0.15, -0.1) is 0 Å². The zero-order valence-electron chi connectivity index (χ0n) is 11.0. The van der Waals surface area contributed by atoms with E-state index in [2.05, 4.69) is 0 Å². The average molecular weight is 290 g/mol. The molecule has 3 rings (SSSR count). The van der Waals surface area contributed by atoms with Crippen LogP contribution in [0, 0.1) is 0 Å². The predicted octanol–water partition coefficient (Wildman–Crippen LogP) is 3.35. The summed E-state index contributed by atoms with van der Waals surface area (Å²) in [6.07, 6.45) is 0.694. The van der Waals surface area contributed by atoms with Gasteiger partial charge in [0, 0.05) is 11.1 Å². The SMILES string of the molecule is NC(Cc1ccccc1Cl)c1ccc2c(c1)OCCO2. The molecule has 20 heavy (non-hydrogen) atoms. The molecule has 4 heteroatoms. The van der Waals surface area contributed by atoms with E-state index in [0.717, 1.165) is 27.6 Å². The lowest BCUT2D eigenvalue weighted by atomic mass is 9.99. The zero-order chi connectivity index (χ0) is 13.9. The first-order valence-electron chi connectivity index (χ1n) is 6.62. The molecule has 2 N–H and O–H groups in total. The van der Waals surface area contributed by atoms with Gasteiger partial charge in [-0.25, -0.2) is 0 Å². The van der Waals surface area contributed by atoms with Crippen molar-refractivity contribution in [3.05, 3.63) is 58.6 Å². The molecular weight excluding hydrogens is 274 g/mol. The number of hydrogen-bond donors (Lipinski definition) is 1. The normalized spacial score (nSPS) is 14.9. The maximum Gasteiger partial charge on any atom is 0.161 e. The molecule has 0 amide bonds. The molecule has 2 aromatic carbocycles. The molecule has 0 radical (unpaired) electrons. The molecule has 2 aromatic rings. The highest BCUT2D eigenvalue weighted by Gasteiger charge is 2.15. The molecule has 1 unspecified atom stereocenters. The Morgan fingerprint density at radius 2 is 1.80 bits per heavy atom. The molecular formula is C16H16ClNO2. The van der Waals surface area contributed by atoms with Crippen LogP contribution in [0.3, 0.4) is 0 Å². The largest absolute Gasteiger partial charge is 0.486 e. The number of nitrogens with two attached hydrogens (primary N) is 1. The van der Waals surface area contributed by atoms with Gasteiger partial charge in [-0.3, -0.25) is 0 Å². The van der Waals surface area contributed by atoms with Crippen molar-refractivity contribution in [2.24, 2.45) is 5.73 Å².